The standard InChI is InChI=1S/C21H20N2O3/c1-2-26-20(25)21(13-23)17(12-22)15-10-6-7-11-16(15)18(19(21)24)14-8-4-3-5-9-14/h3-5,8-9,16,18H,2,6-7,10-11H2,1H3/t16-,18+,21-/m0/s1. The number of rotatable bonds is 3. The first-order valence-corrected chi connectivity index (χ1v) is 8.93. The number of carbonyl (C=O) groups is 2. The number of nitrogens with zero attached hydrogens (tertiary/aromatic N) is 2. The molecule has 0 bridgehead atoms. The Labute approximate surface area is 152 Å². The van der Waals surface area contributed by atoms with Crippen LogP contribution < -0.4 is 0 Å². The predicted octanol–water partition coefficient (Wildman–Crippen LogP) is 3.44. The van der Waals surface area contributed by atoms with Crippen LogP contribution in [0.5, 0.6) is 0 Å². The molecule has 5 nitrogen and oxygen atoms in total. The number of allylic oxidation sites excluding steroid dienone is 1. The van der Waals surface area contributed by atoms with E-state index >= 15 is 0 Å². The highest BCUT2D eigenvalue weighted by molar-refractivity contribution is 6.14. The molecule has 0 spiro atoms. The lowest BCUT2D eigenvalue weighted by molar-refractivity contribution is -0.155. The number of ketones is 1. The van der Waals surface area contributed by atoms with E-state index in [0.29, 0.717) is 6.42 Å². The zero-order chi connectivity index (χ0) is 18.7. The number of Topliss-reactive ketones (excluding diaryl/α,β-unsaturated/α-hetero) is 1. The largest absolute Gasteiger partial charge is 0.464 e. The summed E-state index contributed by atoms with van der Waals surface area (Å²) in [5.74, 6) is -2.20. The lowest BCUT2D eigenvalue weighted by Gasteiger charge is -2.41. The molecule has 0 unspecified atom stereocenters. The van der Waals surface area contributed by atoms with Crippen LogP contribution in [0.2, 0.25) is 0 Å². The molecule has 1 aromatic carbocycles. The van der Waals surface area contributed by atoms with Gasteiger partial charge in [-0.1, -0.05) is 36.8 Å². The van der Waals surface area contributed by atoms with Crippen molar-refractivity contribution in [3.63, 3.8) is 0 Å². The van der Waals surface area contributed by atoms with Gasteiger partial charge in [0, 0.05) is 0 Å². The summed E-state index contributed by atoms with van der Waals surface area (Å²) in [5.41, 5.74) is -0.598. The molecule has 1 fully saturated rings. The van der Waals surface area contributed by atoms with Gasteiger partial charge in [0.2, 0.25) is 5.41 Å². The van der Waals surface area contributed by atoms with Crippen LogP contribution in [0.25, 0.3) is 0 Å². The maximum atomic E-state index is 13.5. The first-order chi connectivity index (χ1) is 12.6. The van der Waals surface area contributed by atoms with Gasteiger partial charge in [-0.05, 0) is 43.2 Å². The molecule has 132 valence electrons. The maximum absolute atomic E-state index is 13.5. The third kappa shape index (κ3) is 2.52. The van der Waals surface area contributed by atoms with E-state index in [0.717, 1.165) is 30.4 Å². The van der Waals surface area contributed by atoms with Gasteiger partial charge in [-0.2, -0.15) is 10.5 Å². The fourth-order valence-electron chi connectivity index (χ4n) is 4.30. The molecule has 2 aliphatic carbocycles. The molecule has 2 aliphatic rings. The Morgan fingerprint density at radius 2 is 2.00 bits per heavy atom. The molecule has 26 heavy (non-hydrogen) atoms. The molecular weight excluding hydrogens is 328 g/mol. The minimum absolute atomic E-state index is 0.000307. The van der Waals surface area contributed by atoms with Crippen LogP contribution in [0.3, 0.4) is 0 Å². The van der Waals surface area contributed by atoms with E-state index in [1.807, 2.05) is 42.5 Å². The Morgan fingerprint density at radius 1 is 1.27 bits per heavy atom. The summed E-state index contributed by atoms with van der Waals surface area (Å²) in [7, 11) is 0. The van der Waals surface area contributed by atoms with E-state index in [1.54, 1.807) is 6.92 Å². The van der Waals surface area contributed by atoms with Crippen LogP contribution in [-0.4, -0.2) is 18.4 Å². The van der Waals surface area contributed by atoms with Crippen LogP contribution in [0.1, 0.15) is 44.1 Å². The van der Waals surface area contributed by atoms with Crippen molar-refractivity contribution in [1.82, 2.24) is 0 Å². The Hall–Kier alpha value is -2.92. The highest BCUT2D eigenvalue weighted by Crippen LogP contribution is 2.52. The van der Waals surface area contributed by atoms with Crippen molar-refractivity contribution in [1.29, 1.82) is 10.5 Å². The first-order valence-electron chi connectivity index (χ1n) is 8.93. The SMILES string of the molecule is CCOC(=O)[C@]1(C#N)C(=O)[C@H](c2ccccc2)[C@H]2CCCCC2=C1C#N. The van der Waals surface area contributed by atoms with Gasteiger partial charge in [-0.3, -0.25) is 4.79 Å². The lowest BCUT2D eigenvalue weighted by Crippen LogP contribution is -2.50. The number of nitriles is 2. The summed E-state index contributed by atoms with van der Waals surface area (Å²) >= 11 is 0. The monoisotopic (exact) mass is 348 g/mol. The van der Waals surface area contributed by atoms with Gasteiger partial charge >= 0.3 is 5.97 Å². The minimum atomic E-state index is -2.16. The second-order valence-corrected chi connectivity index (χ2v) is 6.70. The summed E-state index contributed by atoms with van der Waals surface area (Å²) in [5, 5.41) is 19.7. The smallest absolute Gasteiger partial charge is 0.339 e. The van der Waals surface area contributed by atoms with Gasteiger partial charge in [0.25, 0.3) is 0 Å². The molecule has 0 radical (unpaired) electrons. The summed E-state index contributed by atoms with van der Waals surface area (Å²) in [4.78, 5) is 26.2. The third-order valence-electron chi connectivity index (χ3n) is 5.43. The summed E-state index contributed by atoms with van der Waals surface area (Å²) < 4.78 is 5.07. The van der Waals surface area contributed by atoms with E-state index in [9.17, 15) is 20.1 Å². The second-order valence-electron chi connectivity index (χ2n) is 6.70. The second kappa shape index (κ2) is 7.14. The van der Waals surface area contributed by atoms with E-state index in [2.05, 4.69) is 0 Å². The van der Waals surface area contributed by atoms with Crippen LogP contribution in [0.15, 0.2) is 41.5 Å². The molecule has 3 rings (SSSR count). The molecular formula is C21H20N2O3. The minimum Gasteiger partial charge on any atom is -0.464 e. The van der Waals surface area contributed by atoms with Gasteiger partial charge in [0.05, 0.1) is 30.2 Å². The fraction of sp³-hybridized carbons (Fsp3) is 0.429. The average Bonchev–Trinajstić information content (AvgIpc) is 2.68. The van der Waals surface area contributed by atoms with E-state index in [4.69, 9.17) is 4.74 Å². The maximum Gasteiger partial charge on any atom is 0.339 e. The number of ether oxygens (including phenoxy) is 1. The molecule has 0 amide bonds. The lowest BCUT2D eigenvalue weighted by atomic mass is 9.57. The topological polar surface area (TPSA) is 90.9 Å². The normalized spacial score (nSPS) is 27.9. The first kappa shape index (κ1) is 17.9. The predicted molar refractivity (Wildman–Crippen MR) is 93.5 cm³/mol. The fourth-order valence-corrected chi connectivity index (χ4v) is 4.30. The molecule has 1 saturated carbocycles. The van der Waals surface area contributed by atoms with Gasteiger partial charge in [0.1, 0.15) is 0 Å². The van der Waals surface area contributed by atoms with Gasteiger partial charge in [-0.15, -0.1) is 0 Å². The number of hydrogen-bond donors (Lipinski definition) is 0. The number of hydrogen-bond acceptors (Lipinski definition) is 5. The Balaban J connectivity index is 2.27. The zero-order valence-corrected chi connectivity index (χ0v) is 14.7. The van der Waals surface area contributed by atoms with E-state index in [1.165, 1.54) is 0 Å². The van der Waals surface area contributed by atoms with Crippen molar-refractivity contribution >= 4 is 11.8 Å². The van der Waals surface area contributed by atoms with Crippen LogP contribution in [0.4, 0.5) is 0 Å². The van der Waals surface area contributed by atoms with Crippen LogP contribution >= 0.6 is 0 Å². The number of benzene rings is 1. The van der Waals surface area contributed by atoms with Crippen LogP contribution in [0, 0.1) is 34.0 Å². The Kier molecular flexibility index (Phi) is 4.91. The zero-order valence-electron chi connectivity index (χ0n) is 14.7. The van der Waals surface area contributed by atoms with E-state index in [-0.39, 0.29) is 18.1 Å². The molecule has 0 aromatic heterocycles. The van der Waals surface area contributed by atoms with Gasteiger partial charge < -0.3 is 4.74 Å². The Bertz CT molecular complexity index is 844. The molecule has 0 heterocycles. The summed E-state index contributed by atoms with van der Waals surface area (Å²) in [6.45, 7) is 1.66. The van der Waals surface area contributed by atoms with Crippen molar-refractivity contribution < 1.29 is 14.3 Å². The number of carbonyl (C=O) groups excluding carboxylic acids is 2. The van der Waals surface area contributed by atoms with Crippen molar-refractivity contribution in [2.45, 2.75) is 38.5 Å². The molecule has 0 N–H and O–H groups in total. The molecule has 1 aromatic rings. The van der Waals surface area contributed by atoms with E-state index < -0.39 is 23.1 Å². The van der Waals surface area contributed by atoms with Crippen molar-refractivity contribution in [2.24, 2.45) is 11.3 Å². The van der Waals surface area contributed by atoms with Crippen LogP contribution in [-0.2, 0) is 14.3 Å². The molecule has 3 atom stereocenters. The molecule has 0 aliphatic heterocycles. The van der Waals surface area contributed by atoms with Gasteiger partial charge in [0.15, 0.2) is 5.78 Å². The summed E-state index contributed by atoms with van der Waals surface area (Å²) in [6.07, 6.45) is 3.25. The Morgan fingerprint density at radius 3 is 2.62 bits per heavy atom. The highest BCUT2D eigenvalue weighted by Gasteiger charge is 2.60. The van der Waals surface area contributed by atoms with Crippen molar-refractivity contribution in [2.75, 3.05) is 6.61 Å². The third-order valence-corrected chi connectivity index (χ3v) is 5.43. The van der Waals surface area contributed by atoms with Crippen molar-refractivity contribution in [3.8, 4) is 12.1 Å². The number of fused-ring (bicyclic) bond motifs is 1. The number of esters is 1. The molecule has 0 saturated heterocycles. The average molecular weight is 348 g/mol. The molecule has 5 heteroatoms. The van der Waals surface area contributed by atoms with Crippen molar-refractivity contribution in [3.05, 3.63) is 47.0 Å². The highest BCUT2D eigenvalue weighted by atomic mass is 16.5. The summed E-state index contributed by atoms with van der Waals surface area (Å²) in [6, 6.07) is 13.1. The quantitative estimate of drug-likeness (QED) is 0.616. The van der Waals surface area contributed by atoms with Gasteiger partial charge in [-0.25, -0.2) is 4.79 Å².